The third kappa shape index (κ3) is 2.37. The Bertz CT molecular complexity index is 792. The lowest BCUT2D eigenvalue weighted by molar-refractivity contribution is 0.0778. The summed E-state index contributed by atoms with van der Waals surface area (Å²) in [5.41, 5.74) is 0.720. The molecule has 22 heavy (non-hydrogen) atoms. The fourth-order valence-electron chi connectivity index (χ4n) is 2.77. The number of fused-ring (bicyclic) bond motifs is 1. The van der Waals surface area contributed by atoms with E-state index in [1.165, 1.54) is 12.3 Å². The van der Waals surface area contributed by atoms with Gasteiger partial charge in [0.25, 0.3) is 0 Å². The Morgan fingerprint density at radius 3 is 3.00 bits per heavy atom. The Labute approximate surface area is 125 Å². The third-order valence-corrected chi connectivity index (χ3v) is 3.98. The van der Waals surface area contributed by atoms with Gasteiger partial charge in [-0.1, -0.05) is 11.2 Å². The van der Waals surface area contributed by atoms with E-state index in [1.54, 1.807) is 10.7 Å². The largest absolute Gasteiger partial charge is 0.381 e. The van der Waals surface area contributed by atoms with Gasteiger partial charge in [0.15, 0.2) is 5.82 Å². The number of rotatable bonds is 3. The van der Waals surface area contributed by atoms with Crippen LogP contribution >= 0.6 is 0 Å². The molecule has 1 aromatic carbocycles. The van der Waals surface area contributed by atoms with Crippen LogP contribution in [0.25, 0.3) is 10.9 Å². The minimum Gasteiger partial charge on any atom is -0.381 e. The van der Waals surface area contributed by atoms with Crippen molar-refractivity contribution in [2.45, 2.75) is 25.3 Å². The molecule has 1 fully saturated rings. The fourth-order valence-corrected chi connectivity index (χ4v) is 2.77. The summed E-state index contributed by atoms with van der Waals surface area (Å²) in [6.07, 6.45) is 3.32. The molecule has 3 heterocycles. The van der Waals surface area contributed by atoms with Crippen LogP contribution in [0.2, 0.25) is 0 Å². The van der Waals surface area contributed by atoms with Gasteiger partial charge in [-0.3, -0.25) is 4.68 Å². The van der Waals surface area contributed by atoms with Gasteiger partial charge in [0.2, 0.25) is 5.89 Å². The van der Waals surface area contributed by atoms with E-state index in [4.69, 9.17) is 9.26 Å². The summed E-state index contributed by atoms with van der Waals surface area (Å²) in [5, 5.41) is 8.72. The number of benzene rings is 1. The maximum atomic E-state index is 13.7. The van der Waals surface area contributed by atoms with E-state index in [-0.39, 0.29) is 11.7 Å². The molecular weight excluding hydrogens is 287 g/mol. The second-order valence-corrected chi connectivity index (χ2v) is 5.41. The molecule has 1 saturated heterocycles. The van der Waals surface area contributed by atoms with Crippen molar-refractivity contribution in [1.29, 1.82) is 0 Å². The summed E-state index contributed by atoms with van der Waals surface area (Å²) in [7, 11) is 0. The summed E-state index contributed by atoms with van der Waals surface area (Å²) < 4.78 is 26.0. The minimum atomic E-state index is -0.278. The van der Waals surface area contributed by atoms with E-state index in [9.17, 15) is 4.39 Å². The number of hydrogen-bond acceptors (Lipinski definition) is 5. The van der Waals surface area contributed by atoms with Gasteiger partial charge in [-0.15, -0.1) is 0 Å². The molecule has 0 radical (unpaired) electrons. The van der Waals surface area contributed by atoms with Crippen molar-refractivity contribution in [2.75, 3.05) is 13.2 Å². The zero-order valence-corrected chi connectivity index (χ0v) is 11.9. The first-order chi connectivity index (χ1) is 10.8. The van der Waals surface area contributed by atoms with Gasteiger partial charge in [-0.2, -0.15) is 10.1 Å². The van der Waals surface area contributed by atoms with E-state index >= 15 is 0 Å². The van der Waals surface area contributed by atoms with Gasteiger partial charge in [0.05, 0.1) is 17.1 Å². The second kappa shape index (κ2) is 5.49. The first-order valence-electron chi connectivity index (χ1n) is 7.31. The molecule has 2 aromatic heterocycles. The molecule has 0 bridgehead atoms. The molecule has 0 spiro atoms. The number of nitrogens with zero attached hydrogens (tertiary/aromatic N) is 4. The van der Waals surface area contributed by atoms with E-state index in [2.05, 4.69) is 15.2 Å². The highest BCUT2D eigenvalue weighted by molar-refractivity contribution is 5.79. The molecule has 1 aliphatic heterocycles. The average molecular weight is 302 g/mol. The lowest BCUT2D eigenvalue weighted by Crippen LogP contribution is -2.14. The van der Waals surface area contributed by atoms with Crippen LogP contribution in [0.15, 0.2) is 28.9 Å². The summed E-state index contributed by atoms with van der Waals surface area (Å²) in [4.78, 5) is 4.45. The first kappa shape index (κ1) is 13.4. The lowest BCUT2D eigenvalue weighted by Gasteiger charge is -2.17. The smallest absolute Gasteiger partial charge is 0.229 e. The van der Waals surface area contributed by atoms with E-state index in [0.717, 1.165) is 31.6 Å². The van der Waals surface area contributed by atoms with Gasteiger partial charge in [0, 0.05) is 19.1 Å². The average Bonchev–Trinajstić information content (AvgIpc) is 3.17. The summed E-state index contributed by atoms with van der Waals surface area (Å²) in [5.74, 6) is 1.19. The fraction of sp³-hybridized carbons (Fsp3) is 0.400. The Kier molecular flexibility index (Phi) is 3.34. The monoisotopic (exact) mass is 302 g/mol. The van der Waals surface area contributed by atoms with Crippen molar-refractivity contribution in [1.82, 2.24) is 19.9 Å². The van der Waals surface area contributed by atoms with Gasteiger partial charge in [0.1, 0.15) is 12.4 Å². The zero-order chi connectivity index (χ0) is 14.9. The maximum absolute atomic E-state index is 13.7. The topological polar surface area (TPSA) is 66.0 Å². The van der Waals surface area contributed by atoms with Crippen LogP contribution in [0.4, 0.5) is 4.39 Å². The van der Waals surface area contributed by atoms with Crippen molar-refractivity contribution in [2.24, 2.45) is 0 Å². The molecule has 4 rings (SSSR count). The van der Waals surface area contributed by atoms with Gasteiger partial charge < -0.3 is 9.26 Å². The molecule has 0 amide bonds. The Hall–Kier alpha value is -2.28. The molecule has 0 saturated carbocycles. The number of ether oxygens (including phenoxy) is 1. The van der Waals surface area contributed by atoms with Gasteiger partial charge in [-0.05, 0) is 25.0 Å². The first-order valence-corrected chi connectivity index (χ1v) is 7.31. The molecule has 1 aliphatic rings. The van der Waals surface area contributed by atoms with Crippen LogP contribution in [-0.4, -0.2) is 33.1 Å². The Morgan fingerprint density at radius 2 is 2.14 bits per heavy atom. The SMILES string of the molecule is Fc1cccc2c1cnn2Cc1noc(C2CCOCC2)n1. The van der Waals surface area contributed by atoms with Crippen molar-refractivity contribution >= 4 is 10.9 Å². The van der Waals surface area contributed by atoms with Crippen molar-refractivity contribution in [3.63, 3.8) is 0 Å². The second-order valence-electron chi connectivity index (χ2n) is 5.41. The Balaban J connectivity index is 1.58. The third-order valence-electron chi connectivity index (χ3n) is 3.98. The van der Waals surface area contributed by atoms with Crippen molar-refractivity contribution in [3.05, 3.63) is 41.9 Å². The summed E-state index contributed by atoms with van der Waals surface area (Å²) in [6.45, 7) is 1.82. The molecule has 7 heteroatoms. The summed E-state index contributed by atoms with van der Waals surface area (Å²) in [6, 6.07) is 4.91. The highest BCUT2D eigenvalue weighted by Gasteiger charge is 2.22. The molecule has 0 atom stereocenters. The van der Waals surface area contributed by atoms with Gasteiger partial charge in [-0.25, -0.2) is 4.39 Å². The van der Waals surface area contributed by atoms with Crippen LogP contribution in [0.5, 0.6) is 0 Å². The van der Waals surface area contributed by atoms with E-state index < -0.39 is 0 Å². The summed E-state index contributed by atoms with van der Waals surface area (Å²) >= 11 is 0. The van der Waals surface area contributed by atoms with Crippen LogP contribution in [0, 0.1) is 5.82 Å². The highest BCUT2D eigenvalue weighted by Crippen LogP contribution is 2.25. The predicted molar refractivity (Wildman–Crippen MR) is 75.9 cm³/mol. The Morgan fingerprint density at radius 1 is 1.27 bits per heavy atom. The molecule has 0 N–H and O–H groups in total. The molecule has 114 valence electrons. The van der Waals surface area contributed by atoms with Crippen LogP contribution in [0.1, 0.15) is 30.5 Å². The van der Waals surface area contributed by atoms with Crippen LogP contribution < -0.4 is 0 Å². The number of aromatic nitrogens is 4. The molecule has 6 nitrogen and oxygen atoms in total. The quantitative estimate of drug-likeness (QED) is 0.743. The molecule has 0 unspecified atom stereocenters. The van der Waals surface area contributed by atoms with E-state index in [1.807, 2.05) is 6.07 Å². The zero-order valence-electron chi connectivity index (χ0n) is 11.9. The number of halogens is 1. The predicted octanol–water partition coefficient (Wildman–Crippen LogP) is 2.50. The van der Waals surface area contributed by atoms with E-state index in [0.29, 0.717) is 23.6 Å². The number of hydrogen-bond donors (Lipinski definition) is 0. The van der Waals surface area contributed by atoms with Crippen molar-refractivity contribution in [3.8, 4) is 0 Å². The molecule has 0 aliphatic carbocycles. The van der Waals surface area contributed by atoms with Crippen LogP contribution in [0.3, 0.4) is 0 Å². The van der Waals surface area contributed by atoms with Crippen LogP contribution in [-0.2, 0) is 11.3 Å². The van der Waals surface area contributed by atoms with Crippen molar-refractivity contribution < 1.29 is 13.7 Å². The normalized spacial score (nSPS) is 16.4. The molecule has 3 aromatic rings. The highest BCUT2D eigenvalue weighted by atomic mass is 19.1. The standard InChI is InChI=1S/C15H15FN4O2/c16-12-2-1-3-13-11(12)8-17-20(13)9-14-18-15(22-19-14)10-4-6-21-7-5-10/h1-3,8,10H,4-7,9H2. The lowest BCUT2D eigenvalue weighted by atomic mass is 10.0. The molecular formula is C15H15FN4O2. The maximum Gasteiger partial charge on any atom is 0.229 e. The van der Waals surface area contributed by atoms with Gasteiger partial charge >= 0.3 is 0 Å². The minimum absolute atomic E-state index is 0.266.